The SMILES string of the molecule is Cc1ccc(CO)cc1S(=O)(=O)N(C)Cc1cc(Br)cs1. The minimum atomic E-state index is -3.58. The highest BCUT2D eigenvalue weighted by molar-refractivity contribution is 9.10. The summed E-state index contributed by atoms with van der Waals surface area (Å²) in [6.45, 7) is 1.90. The van der Waals surface area contributed by atoms with Gasteiger partial charge in [0.25, 0.3) is 0 Å². The lowest BCUT2D eigenvalue weighted by Crippen LogP contribution is -2.26. The summed E-state index contributed by atoms with van der Waals surface area (Å²) >= 11 is 4.87. The number of benzene rings is 1. The summed E-state index contributed by atoms with van der Waals surface area (Å²) in [5.74, 6) is 0. The van der Waals surface area contributed by atoms with Crippen LogP contribution in [0.4, 0.5) is 0 Å². The standard InChI is InChI=1S/C14H16BrNO3S2/c1-10-3-4-11(8-17)5-14(10)21(18,19)16(2)7-13-6-12(15)9-20-13/h3-6,9,17H,7-8H2,1-2H3. The van der Waals surface area contributed by atoms with Crippen LogP contribution in [0.2, 0.25) is 0 Å². The van der Waals surface area contributed by atoms with Crippen molar-refractivity contribution < 1.29 is 13.5 Å². The molecular weight excluding hydrogens is 374 g/mol. The molecule has 7 heteroatoms. The molecule has 0 saturated heterocycles. The number of hydrogen-bond donors (Lipinski definition) is 1. The van der Waals surface area contributed by atoms with E-state index in [1.54, 1.807) is 26.1 Å². The fraction of sp³-hybridized carbons (Fsp3) is 0.286. The van der Waals surface area contributed by atoms with Gasteiger partial charge in [-0.15, -0.1) is 11.3 Å². The molecule has 0 amide bonds. The van der Waals surface area contributed by atoms with Gasteiger partial charge in [-0.3, -0.25) is 0 Å². The Balaban J connectivity index is 2.32. The zero-order valence-corrected chi connectivity index (χ0v) is 14.9. The van der Waals surface area contributed by atoms with Crippen LogP contribution in [0.3, 0.4) is 0 Å². The highest BCUT2D eigenvalue weighted by Gasteiger charge is 2.23. The summed E-state index contributed by atoms with van der Waals surface area (Å²) in [4.78, 5) is 1.20. The average Bonchev–Trinajstić information content (AvgIpc) is 2.84. The molecule has 1 aromatic carbocycles. The summed E-state index contributed by atoms with van der Waals surface area (Å²) in [5, 5.41) is 11.1. The molecule has 0 saturated carbocycles. The fourth-order valence-electron chi connectivity index (χ4n) is 1.93. The molecular formula is C14H16BrNO3S2. The summed E-state index contributed by atoms with van der Waals surface area (Å²) < 4.78 is 27.6. The van der Waals surface area contributed by atoms with Gasteiger partial charge in [0, 0.05) is 28.3 Å². The highest BCUT2D eigenvalue weighted by Crippen LogP contribution is 2.25. The van der Waals surface area contributed by atoms with E-state index in [1.807, 2.05) is 11.4 Å². The van der Waals surface area contributed by atoms with Gasteiger partial charge in [-0.1, -0.05) is 12.1 Å². The molecule has 0 atom stereocenters. The first-order valence-corrected chi connectivity index (χ1v) is 9.35. The van der Waals surface area contributed by atoms with Crippen molar-refractivity contribution in [3.05, 3.63) is 50.1 Å². The maximum Gasteiger partial charge on any atom is 0.243 e. The van der Waals surface area contributed by atoms with Crippen molar-refractivity contribution >= 4 is 37.3 Å². The Bertz CT molecular complexity index is 740. The summed E-state index contributed by atoms with van der Waals surface area (Å²) in [7, 11) is -2.01. The monoisotopic (exact) mass is 389 g/mol. The van der Waals surface area contributed by atoms with Gasteiger partial charge in [0.2, 0.25) is 10.0 Å². The Hall–Kier alpha value is -0.730. The maximum atomic E-state index is 12.7. The molecule has 4 nitrogen and oxygen atoms in total. The first-order valence-electron chi connectivity index (χ1n) is 6.24. The molecule has 0 aliphatic carbocycles. The van der Waals surface area contributed by atoms with E-state index in [1.165, 1.54) is 21.7 Å². The molecule has 2 aromatic rings. The lowest BCUT2D eigenvalue weighted by Gasteiger charge is -2.18. The number of rotatable bonds is 5. The molecule has 1 aromatic heterocycles. The molecule has 0 bridgehead atoms. The molecule has 2 rings (SSSR count). The minimum Gasteiger partial charge on any atom is -0.392 e. The molecule has 1 N–H and O–H groups in total. The molecule has 0 fully saturated rings. The van der Waals surface area contributed by atoms with Gasteiger partial charge in [-0.25, -0.2) is 8.42 Å². The third kappa shape index (κ3) is 3.73. The Morgan fingerprint density at radius 2 is 2.05 bits per heavy atom. The molecule has 0 aliphatic rings. The van der Waals surface area contributed by atoms with Crippen molar-refractivity contribution in [2.45, 2.75) is 25.0 Å². The van der Waals surface area contributed by atoms with Crippen molar-refractivity contribution in [3.63, 3.8) is 0 Å². The summed E-state index contributed by atoms with van der Waals surface area (Å²) in [6, 6.07) is 6.89. The van der Waals surface area contributed by atoms with E-state index in [0.717, 1.165) is 9.35 Å². The maximum absolute atomic E-state index is 12.7. The van der Waals surface area contributed by atoms with Crippen molar-refractivity contribution in [1.82, 2.24) is 4.31 Å². The van der Waals surface area contributed by atoms with Crippen molar-refractivity contribution in [2.24, 2.45) is 0 Å². The largest absolute Gasteiger partial charge is 0.392 e. The number of aliphatic hydroxyl groups is 1. The van der Waals surface area contributed by atoms with E-state index in [-0.39, 0.29) is 11.5 Å². The molecule has 0 spiro atoms. The van der Waals surface area contributed by atoms with Gasteiger partial charge in [0.05, 0.1) is 11.5 Å². The third-order valence-corrected chi connectivity index (χ3v) is 6.75. The minimum absolute atomic E-state index is 0.176. The highest BCUT2D eigenvalue weighted by atomic mass is 79.9. The predicted octanol–water partition coefficient (Wildman–Crippen LogP) is 3.13. The zero-order valence-electron chi connectivity index (χ0n) is 11.7. The Morgan fingerprint density at radius 1 is 1.33 bits per heavy atom. The quantitative estimate of drug-likeness (QED) is 0.854. The van der Waals surface area contributed by atoms with E-state index in [4.69, 9.17) is 0 Å². The summed E-state index contributed by atoms with van der Waals surface area (Å²) in [5.41, 5.74) is 1.26. The van der Waals surface area contributed by atoms with Crippen molar-refractivity contribution in [1.29, 1.82) is 0 Å². The second-order valence-corrected chi connectivity index (χ2v) is 8.68. The Morgan fingerprint density at radius 3 is 2.62 bits per heavy atom. The predicted molar refractivity (Wildman–Crippen MR) is 87.8 cm³/mol. The van der Waals surface area contributed by atoms with E-state index in [2.05, 4.69) is 15.9 Å². The Labute approximate surface area is 137 Å². The van der Waals surface area contributed by atoms with Crippen LogP contribution >= 0.6 is 27.3 Å². The van der Waals surface area contributed by atoms with Gasteiger partial charge >= 0.3 is 0 Å². The van der Waals surface area contributed by atoms with Gasteiger partial charge in [-0.2, -0.15) is 4.31 Å². The number of aryl methyl sites for hydroxylation is 1. The van der Waals surface area contributed by atoms with Crippen LogP contribution in [0.25, 0.3) is 0 Å². The van der Waals surface area contributed by atoms with Crippen LogP contribution in [0.1, 0.15) is 16.0 Å². The molecule has 21 heavy (non-hydrogen) atoms. The van der Waals surface area contributed by atoms with Crippen LogP contribution in [0.5, 0.6) is 0 Å². The lowest BCUT2D eigenvalue weighted by atomic mass is 10.2. The normalized spacial score (nSPS) is 12.0. The van der Waals surface area contributed by atoms with Crippen molar-refractivity contribution in [3.8, 4) is 0 Å². The molecule has 114 valence electrons. The van der Waals surface area contributed by atoms with Crippen LogP contribution in [0, 0.1) is 6.92 Å². The van der Waals surface area contributed by atoms with Gasteiger partial charge < -0.3 is 5.11 Å². The number of hydrogen-bond acceptors (Lipinski definition) is 4. The number of nitrogens with zero attached hydrogens (tertiary/aromatic N) is 1. The van der Waals surface area contributed by atoms with Crippen LogP contribution in [-0.4, -0.2) is 24.9 Å². The van der Waals surface area contributed by atoms with Gasteiger partial charge in [-0.05, 0) is 46.1 Å². The van der Waals surface area contributed by atoms with Crippen LogP contribution in [0.15, 0.2) is 39.0 Å². The smallest absolute Gasteiger partial charge is 0.243 e. The fourth-order valence-corrected chi connectivity index (χ4v) is 4.94. The molecule has 0 radical (unpaired) electrons. The first-order chi connectivity index (χ1) is 9.84. The first kappa shape index (κ1) is 16.6. The number of thiophene rings is 1. The number of aliphatic hydroxyl groups excluding tert-OH is 1. The topological polar surface area (TPSA) is 57.6 Å². The van der Waals surface area contributed by atoms with Gasteiger partial charge in [0.15, 0.2) is 0 Å². The van der Waals surface area contributed by atoms with Crippen molar-refractivity contribution in [2.75, 3.05) is 7.05 Å². The van der Waals surface area contributed by atoms with E-state index < -0.39 is 10.0 Å². The third-order valence-electron chi connectivity index (χ3n) is 3.12. The summed E-state index contributed by atoms with van der Waals surface area (Å²) in [6.07, 6.45) is 0. The average molecular weight is 390 g/mol. The van der Waals surface area contributed by atoms with E-state index in [9.17, 15) is 13.5 Å². The second-order valence-electron chi connectivity index (χ2n) is 4.75. The number of sulfonamides is 1. The van der Waals surface area contributed by atoms with E-state index in [0.29, 0.717) is 17.7 Å². The zero-order chi connectivity index (χ0) is 15.6. The molecule has 0 unspecified atom stereocenters. The Kier molecular flexibility index (Phi) is 5.21. The molecule has 0 aliphatic heterocycles. The lowest BCUT2D eigenvalue weighted by molar-refractivity contribution is 0.281. The number of halogens is 1. The van der Waals surface area contributed by atoms with Gasteiger partial charge in [0.1, 0.15) is 0 Å². The van der Waals surface area contributed by atoms with Crippen LogP contribution in [-0.2, 0) is 23.2 Å². The van der Waals surface area contributed by atoms with Crippen LogP contribution < -0.4 is 0 Å². The molecule has 1 heterocycles. The second kappa shape index (κ2) is 6.58. The van der Waals surface area contributed by atoms with E-state index >= 15 is 0 Å².